The fourth-order valence-corrected chi connectivity index (χ4v) is 3.20. The van der Waals surface area contributed by atoms with Crippen LogP contribution in [0.25, 0.3) is 11.0 Å². The van der Waals surface area contributed by atoms with Crippen molar-refractivity contribution < 1.29 is 4.39 Å². The lowest BCUT2D eigenvalue weighted by Crippen LogP contribution is -2.12. The largest absolute Gasteiger partial charge is 0.369 e. The zero-order chi connectivity index (χ0) is 13.7. The number of hydrogen-bond donors (Lipinski definition) is 1. The first-order valence-corrected chi connectivity index (χ1v) is 6.73. The summed E-state index contributed by atoms with van der Waals surface area (Å²) in [6.07, 6.45) is 1.84. The van der Waals surface area contributed by atoms with Crippen molar-refractivity contribution in [2.24, 2.45) is 0 Å². The van der Waals surface area contributed by atoms with Crippen LogP contribution >= 0.6 is 0 Å². The Balaban J connectivity index is 1.85. The number of nitrogens with zero attached hydrogens (tertiary/aromatic N) is 2. The Kier molecular flexibility index (Phi) is 2.33. The molecule has 20 heavy (non-hydrogen) atoms. The minimum absolute atomic E-state index is 0.221. The van der Waals surface area contributed by atoms with Gasteiger partial charge in [-0.2, -0.15) is 0 Å². The maximum Gasteiger partial charge on any atom is 0.201 e. The molecule has 0 unspecified atom stereocenters. The van der Waals surface area contributed by atoms with Crippen molar-refractivity contribution in [3.63, 3.8) is 0 Å². The van der Waals surface area contributed by atoms with Crippen LogP contribution < -0.4 is 5.73 Å². The average molecular weight is 267 g/mol. The molecule has 1 aliphatic rings. The Morgan fingerprint density at radius 1 is 1.05 bits per heavy atom. The molecule has 4 rings (SSSR count). The standard InChI is InChI=1S/C16H14FN3/c17-13-6-3-7-14-15(13)19-16(18)20(14)12-8-10-4-1-2-5-11(10)9-12/h1-7,12H,8-9H2,(H2,18,19). The van der Waals surface area contributed by atoms with Crippen LogP contribution in [0.5, 0.6) is 0 Å². The van der Waals surface area contributed by atoms with Crippen molar-refractivity contribution in [2.75, 3.05) is 5.73 Å². The van der Waals surface area contributed by atoms with Crippen molar-refractivity contribution in [1.29, 1.82) is 0 Å². The Labute approximate surface area is 115 Å². The zero-order valence-electron chi connectivity index (χ0n) is 10.9. The van der Waals surface area contributed by atoms with Gasteiger partial charge in [0.05, 0.1) is 5.52 Å². The summed E-state index contributed by atoms with van der Waals surface area (Å²) in [6, 6.07) is 13.6. The predicted molar refractivity (Wildman–Crippen MR) is 77.0 cm³/mol. The van der Waals surface area contributed by atoms with Crippen LogP contribution in [0.3, 0.4) is 0 Å². The van der Waals surface area contributed by atoms with E-state index in [1.54, 1.807) is 6.07 Å². The van der Waals surface area contributed by atoms with Crippen LogP contribution in [0.4, 0.5) is 10.3 Å². The van der Waals surface area contributed by atoms with Crippen LogP contribution in [0.15, 0.2) is 42.5 Å². The van der Waals surface area contributed by atoms with Gasteiger partial charge in [-0.25, -0.2) is 9.37 Å². The molecular formula is C16H14FN3. The molecule has 0 saturated carbocycles. The second-order valence-corrected chi connectivity index (χ2v) is 5.28. The Hall–Kier alpha value is -2.36. The fraction of sp³-hybridized carbons (Fsp3) is 0.188. The molecule has 100 valence electrons. The molecule has 0 radical (unpaired) electrons. The van der Waals surface area contributed by atoms with Crippen LogP contribution in [0, 0.1) is 5.82 Å². The van der Waals surface area contributed by atoms with Crippen molar-refractivity contribution in [3.8, 4) is 0 Å². The van der Waals surface area contributed by atoms with E-state index in [4.69, 9.17) is 5.73 Å². The lowest BCUT2D eigenvalue weighted by atomic mass is 10.1. The number of rotatable bonds is 1. The van der Waals surface area contributed by atoms with Crippen LogP contribution in [0.1, 0.15) is 17.2 Å². The highest BCUT2D eigenvalue weighted by Crippen LogP contribution is 2.34. The molecule has 0 bridgehead atoms. The van der Waals surface area contributed by atoms with E-state index in [2.05, 4.69) is 29.2 Å². The first-order chi connectivity index (χ1) is 9.74. The molecule has 0 atom stereocenters. The second-order valence-electron chi connectivity index (χ2n) is 5.28. The summed E-state index contributed by atoms with van der Waals surface area (Å²) in [4.78, 5) is 4.19. The van der Waals surface area contributed by atoms with Gasteiger partial charge in [-0.15, -0.1) is 0 Å². The van der Waals surface area contributed by atoms with Gasteiger partial charge in [-0.05, 0) is 36.1 Å². The van der Waals surface area contributed by atoms with Gasteiger partial charge in [0.25, 0.3) is 0 Å². The third-order valence-corrected chi connectivity index (χ3v) is 4.09. The first kappa shape index (κ1) is 11.5. The molecule has 2 N–H and O–H groups in total. The zero-order valence-corrected chi connectivity index (χ0v) is 10.9. The number of halogens is 1. The number of imidazole rings is 1. The van der Waals surface area contributed by atoms with Gasteiger partial charge >= 0.3 is 0 Å². The number of nitrogen functional groups attached to an aromatic ring is 1. The molecule has 0 amide bonds. The van der Waals surface area contributed by atoms with Gasteiger partial charge in [0.15, 0.2) is 5.82 Å². The van der Waals surface area contributed by atoms with E-state index in [1.165, 1.54) is 17.2 Å². The highest BCUT2D eigenvalue weighted by molar-refractivity contribution is 5.79. The summed E-state index contributed by atoms with van der Waals surface area (Å²) in [5.74, 6) is 0.0753. The number of nitrogens with two attached hydrogens (primary N) is 1. The summed E-state index contributed by atoms with van der Waals surface area (Å²) in [6.45, 7) is 0. The molecule has 3 nitrogen and oxygen atoms in total. The summed E-state index contributed by atoms with van der Waals surface area (Å²) < 4.78 is 15.8. The third-order valence-electron chi connectivity index (χ3n) is 4.09. The molecule has 0 spiro atoms. The number of anilines is 1. The predicted octanol–water partition coefficient (Wildman–Crippen LogP) is 3.10. The van der Waals surface area contributed by atoms with Crippen molar-refractivity contribution in [3.05, 3.63) is 59.4 Å². The van der Waals surface area contributed by atoms with E-state index in [-0.39, 0.29) is 11.9 Å². The summed E-state index contributed by atoms with van der Waals surface area (Å²) >= 11 is 0. The third kappa shape index (κ3) is 1.54. The minimum Gasteiger partial charge on any atom is -0.369 e. The number of aromatic nitrogens is 2. The Morgan fingerprint density at radius 2 is 1.75 bits per heavy atom. The summed E-state index contributed by atoms with van der Waals surface area (Å²) in [5.41, 5.74) is 9.85. The van der Waals surface area contributed by atoms with E-state index in [1.807, 2.05) is 10.6 Å². The van der Waals surface area contributed by atoms with Crippen molar-refractivity contribution in [1.82, 2.24) is 9.55 Å². The lowest BCUT2D eigenvalue weighted by molar-refractivity contribution is 0.550. The molecule has 4 heteroatoms. The number of fused-ring (bicyclic) bond motifs is 2. The maximum absolute atomic E-state index is 13.8. The van der Waals surface area contributed by atoms with E-state index >= 15 is 0 Å². The quantitative estimate of drug-likeness (QED) is 0.736. The van der Waals surface area contributed by atoms with E-state index in [0.717, 1.165) is 18.4 Å². The monoisotopic (exact) mass is 267 g/mol. The second kappa shape index (κ2) is 4.07. The number of hydrogen-bond acceptors (Lipinski definition) is 2. The maximum atomic E-state index is 13.8. The van der Waals surface area contributed by atoms with Gasteiger partial charge in [0.1, 0.15) is 5.52 Å². The normalized spacial score (nSPS) is 14.8. The van der Waals surface area contributed by atoms with E-state index < -0.39 is 0 Å². The highest BCUT2D eigenvalue weighted by atomic mass is 19.1. The summed E-state index contributed by atoms with van der Waals surface area (Å²) in [5, 5.41) is 0. The summed E-state index contributed by atoms with van der Waals surface area (Å²) in [7, 11) is 0. The Bertz CT molecular complexity index is 782. The SMILES string of the molecule is Nc1nc2c(F)cccc2n1C1Cc2ccccc2C1. The van der Waals surface area contributed by atoms with Gasteiger partial charge in [0, 0.05) is 6.04 Å². The topological polar surface area (TPSA) is 43.8 Å². The van der Waals surface area contributed by atoms with Gasteiger partial charge < -0.3 is 10.3 Å². The molecule has 1 aliphatic carbocycles. The van der Waals surface area contributed by atoms with E-state index in [0.29, 0.717) is 11.5 Å². The smallest absolute Gasteiger partial charge is 0.201 e. The molecule has 0 saturated heterocycles. The van der Waals surface area contributed by atoms with Gasteiger partial charge in [0.2, 0.25) is 5.95 Å². The molecule has 2 aromatic carbocycles. The van der Waals surface area contributed by atoms with Crippen LogP contribution in [-0.2, 0) is 12.8 Å². The molecule has 3 aromatic rings. The number of benzene rings is 2. The van der Waals surface area contributed by atoms with Crippen molar-refractivity contribution >= 4 is 17.0 Å². The molecule has 0 aliphatic heterocycles. The molecular weight excluding hydrogens is 253 g/mol. The van der Waals surface area contributed by atoms with Crippen molar-refractivity contribution in [2.45, 2.75) is 18.9 Å². The van der Waals surface area contributed by atoms with Gasteiger partial charge in [-0.3, -0.25) is 0 Å². The fourth-order valence-electron chi connectivity index (χ4n) is 3.20. The lowest BCUT2D eigenvalue weighted by Gasteiger charge is -2.14. The molecule has 1 aromatic heterocycles. The van der Waals surface area contributed by atoms with E-state index in [9.17, 15) is 4.39 Å². The number of para-hydroxylation sites is 1. The molecule has 0 fully saturated rings. The first-order valence-electron chi connectivity index (χ1n) is 6.73. The van der Waals surface area contributed by atoms with Crippen LogP contribution in [-0.4, -0.2) is 9.55 Å². The van der Waals surface area contributed by atoms with Crippen LogP contribution in [0.2, 0.25) is 0 Å². The molecule has 1 heterocycles. The average Bonchev–Trinajstić information content (AvgIpc) is 2.99. The Morgan fingerprint density at radius 3 is 2.45 bits per heavy atom. The van der Waals surface area contributed by atoms with Gasteiger partial charge in [-0.1, -0.05) is 30.3 Å². The minimum atomic E-state index is -0.316. The highest BCUT2D eigenvalue weighted by Gasteiger charge is 2.26.